The molecule has 7 heavy (non-hydrogen) atoms. The summed E-state index contributed by atoms with van der Waals surface area (Å²) in [6.07, 6.45) is 0.219. The normalized spacial score (nSPS) is 6.57. The Morgan fingerprint density at radius 1 is 2.00 bits per heavy atom. The van der Waals surface area contributed by atoms with E-state index >= 15 is 0 Å². The first kappa shape index (κ1) is 10.3. The van der Waals surface area contributed by atoms with Gasteiger partial charge in [-0.3, -0.25) is 4.79 Å². The van der Waals surface area contributed by atoms with Crippen molar-refractivity contribution in [1.29, 1.82) is 0 Å². The van der Waals surface area contributed by atoms with Crippen molar-refractivity contribution >= 4 is 29.9 Å². The fourth-order valence-electron chi connectivity index (χ4n) is 0.102. The number of esters is 1. The van der Waals surface area contributed by atoms with E-state index in [1.54, 1.807) is 0 Å². The van der Waals surface area contributed by atoms with E-state index in [1.165, 1.54) is 7.11 Å². The number of carbonyl (C=O) groups is 1. The van der Waals surface area contributed by atoms with Gasteiger partial charge in [-0.05, 0) is 6.92 Å². The topological polar surface area (TPSA) is 26.3 Å². The first-order valence-corrected chi connectivity index (χ1v) is 1.67. The van der Waals surface area contributed by atoms with Crippen LogP contribution in [0.15, 0.2) is 0 Å². The summed E-state index contributed by atoms with van der Waals surface area (Å²) in [6.45, 7) is 3.28. The Hall–Kier alpha value is 0.269. The maximum Gasteiger partial charge on any atom is 0.305 e. The third-order valence-electron chi connectivity index (χ3n) is 0.432. The number of ether oxygens (including phenoxy) is 1. The summed E-state index contributed by atoms with van der Waals surface area (Å²) in [6, 6.07) is 0. The molecule has 41 valence electrons. The van der Waals surface area contributed by atoms with E-state index in [0.29, 0.717) is 0 Å². The molecule has 2 nitrogen and oxygen atoms in total. The summed E-state index contributed by atoms with van der Waals surface area (Å²) >= 11 is 0. The zero-order chi connectivity index (χ0) is 4.99. The molecular formula is C4H9O2Sn. The van der Waals surface area contributed by atoms with Crippen LogP contribution in [0.4, 0.5) is 0 Å². The SMILES string of the molecule is [CH2]CC(=O)OC.[HH].[Sn]. The van der Waals surface area contributed by atoms with Crippen LogP contribution in [0.25, 0.3) is 0 Å². The Kier molecular flexibility index (Phi) is 9.21. The molecule has 0 aliphatic heterocycles. The molecule has 0 aromatic carbocycles. The van der Waals surface area contributed by atoms with Crippen LogP contribution >= 0.6 is 0 Å². The Morgan fingerprint density at radius 3 is 2.43 bits per heavy atom. The van der Waals surface area contributed by atoms with E-state index in [4.69, 9.17) is 0 Å². The van der Waals surface area contributed by atoms with Crippen LogP contribution < -0.4 is 0 Å². The Bertz CT molecular complexity index is 52.0. The molecular weight excluding hydrogens is 199 g/mol. The Balaban J connectivity index is -0.000000125. The van der Waals surface area contributed by atoms with Crippen LogP contribution in [0, 0.1) is 6.92 Å². The average Bonchev–Trinajstić information content (AvgIpc) is 1.65. The van der Waals surface area contributed by atoms with E-state index < -0.39 is 0 Å². The molecule has 0 aromatic heterocycles. The standard InChI is InChI=1S/C4H7O2.Sn.H2/c1-3-4(5)6-2;;/h1,3H2,2H3;;1H. The molecule has 0 saturated carbocycles. The molecule has 0 aliphatic carbocycles. The maximum absolute atomic E-state index is 9.90. The van der Waals surface area contributed by atoms with Crippen LogP contribution in [0.2, 0.25) is 0 Å². The molecule has 5 radical (unpaired) electrons. The molecule has 0 bridgehead atoms. The van der Waals surface area contributed by atoms with Crippen LogP contribution in [0.5, 0.6) is 0 Å². The molecule has 0 aliphatic rings. The summed E-state index contributed by atoms with van der Waals surface area (Å²) in [5.41, 5.74) is 0. The molecule has 0 N–H and O–H groups in total. The second kappa shape index (κ2) is 6.27. The quantitative estimate of drug-likeness (QED) is 0.455. The number of carbonyl (C=O) groups excluding carboxylic acids is 1. The smallest absolute Gasteiger partial charge is 0.305 e. The van der Waals surface area contributed by atoms with Crippen molar-refractivity contribution in [2.45, 2.75) is 6.42 Å². The average molecular weight is 208 g/mol. The van der Waals surface area contributed by atoms with Crippen molar-refractivity contribution in [2.24, 2.45) is 0 Å². The van der Waals surface area contributed by atoms with Gasteiger partial charge in [0.15, 0.2) is 0 Å². The van der Waals surface area contributed by atoms with Crippen molar-refractivity contribution in [3.05, 3.63) is 6.92 Å². The second-order valence-electron chi connectivity index (χ2n) is 0.826. The third kappa shape index (κ3) is 6.27. The van der Waals surface area contributed by atoms with E-state index in [1.807, 2.05) is 0 Å². The van der Waals surface area contributed by atoms with Crippen molar-refractivity contribution in [3.8, 4) is 0 Å². The van der Waals surface area contributed by atoms with Gasteiger partial charge in [-0.25, -0.2) is 0 Å². The van der Waals surface area contributed by atoms with Gasteiger partial charge in [-0.1, -0.05) is 0 Å². The van der Waals surface area contributed by atoms with Gasteiger partial charge in [0, 0.05) is 31.8 Å². The maximum atomic E-state index is 9.90. The Morgan fingerprint density at radius 2 is 2.43 bits per heavy atom. The fraction of sp³-hybridized carbons (Fsp3) is 0.500. The molecule has 0 atom stereocenters. The largest absolute Gasteiger partial charge is 0.469 e. The molecule has 0 amide bonds. The van der Waals surface area contributed by atoms with Crippen LogP contribution in [-0.2, 0) is 9.53 Å². The van der Waals surface area contributed by atoms with Crippen molar-refractivity contribution in [2.75, 3.05) is 7.11 Å². The minimum Gasteiger partial charge on any atom is -0.469 e. The summed E-state index contributed by atoms with van der Waals surface area (Å²) in [5, 5.41) is 0. The molecule has 0 fully saturated rings. The van der Waals surface area contributed by atoms with Gasteiger partial charge in [0.25, 0.3) is 0 Å². The minimum atomic E-state index is -0.269. The van der Waals surface area contributed by atoms with E-state index in [9.17, 15) is 4.79 Å². The summed E-state index contributed by atoms with van der Waals surface area (Å²) in [5.74, 6) is -0.269. The van der Waals surface area contributed by atoms with Crippen LogP contribution in [0.3, 0.4) is 0 Å². The summed E-state index contributed by atoms with van der Waals surface area (Å²) < 4.78 is 4.20. The van der Waals surface area contributed by atoms with E-state index in [-0.39, 0.29) is 37.7 Å². The molecule has 0 heterocycles. The van der Waals surface area contributed by atoms with Crippen molar-refractivity contribution in [1.82, 2.24) is 0 Å². The molecule has 0 spiro atoms. The van der Waals surface area contributed by atoms with Gasteiger partial charge < -0.3 is 4.74 Å². The van der Waals surface area contributed by atoms with Gasteiger partial charge in [0.1, 0.15) is 0 Å². The fourth-order valence-corrected chi connectivity index (χ4v) is 0.102. The molecule has 0 rings (SSSR count). The summed E-state index contributed by atoms with van der Waals surface area (Å²) in [7, 11) is 1.34. The summed E-state index contributed by atoms with van der Waals surface area (Å²) in [4.78, 5) is 9.90. The number of rotatable bonds is 1. The zero-order valence-corrected chi connectivity index (χ0v) is 7.08. The second-order valence-corrected chi connectivity index (χ2v) is 0.826. The van der Waals surface area contributed by atoms with Gasteiger partial charge >= 0.3 is 5.97 Å². The number of hydrogen-bond donors (Lipinski definition) is 0. The number of hydrogen-bond acceptors (Lipinski definition) is 2. The Labute approximate surface area is 61.7 Å². The predicted molar refractivity (Wildman–Crippen MR) is 29.9 cm³/mol. The van der Waals surface area contributed by atoms with Gasteiger partial charge in [-0.15, -0.1) is 0 Å². The molecule has 0 aromatic rings. The monoisotopic (exact) mass is 209 g/mol. The van der Waals surface area contributed by atoms with Crippen LogP contribution in [-0.4, -0.2) is 37.0 Å². The van der Waals surface area contributed by atoms with E-state index in [0.717, 1.165) is 0 Å². The van der Waals surface area contributed by atoms with E-state index in [2.05, 4.69) is 11.7 Å². The van der Waals surface area contributed by atoms with Gasteiger partial charge in [-0.2, -0.15) is 0 Å². The van der Waals surface area contributed by atoms with Gasteiger partial charge in [0.2, 0.25) is 0 Å². The third-order valence-corrected chi connectivity index (χ3v) is 0.432. The first-order valence-electron chi connectivity index (χ1n) is 1.67. The molecule has 3 heteroatoms. The zero-order valence-electron chi connectivity index (χ0n) is 4.23. The van der Waals surface area contributed by atoms with Gasteiger partial charge in [0.05, 0.1) is 7.11 Å². The van der Waals surface area contributed by atoms with Crippen molar-refractivity contribution in [3.63, 3.8) is 0 Å². The minimum absolute atomic E-state index is 0. The van der Waals surface area contributed by atoms with Crippen molar-refractivity contribution < 1.29 is 11.0 Å². The molecule has 0 saturated heterocycles. The number of methoxy groups -OCH3 is 1. The molecule has 0 unspecified atom stereocenters. The first-order chi connectivity index (χ1) is 2.81. The van der Waals surface area contributed by atoms with Crippen LogP contribution in [0.1, 0.15) is 7.85 Å². The predicted octanol–water partition coefficient (Wildman–Crippen LogP) is 0.249.